The molecule has 0 atom stereocenters. The van der Waals surface area contributed by atoms with Gasteiger partial charge in [0.15, 0.2) is 0 Å². The molecule has 0 unspecified atom stereocenters. The molecule has 1 amide bonds. The third-order valence-corrected chi connectivity index (χ3v) is 7.87. The molecule has 40 heavy (non-hydrogen) atoms. The van der Waals surface area contributed by atoms with E-state index in [1.807, 2.05) is 0 Å². The Balaban J connectivity index is 1.42. The molecule has 1 aliphatic heterocycles. The average Bonchev–Trinajstić information content (AvgIpc) is 3.45. The van der Waals surface area contributed by atoms with Crippen molar-refractivity contribution in [2.24, 2.45) is 0 Å². The van der Waals surface area contributed by atoms with Crippen LogP contribution in [0.5, 0.6) is 0 Å². The lowest BCUT2D eigenvalue weighted by Gasteiger charge is -2.14. The number of thioether (sulfide) groups is 1. The number of hydrogen-bond donors (Lipinski definition) is 1. The summed E-state index contributed by atoms with van der Waals surface area (Å²) in [4.78, 5) is 25.8. The Morgan fingerprint density at radius 2 is 1.60 bits per heavy atom. The monoisotopic (exact) mass is 617 g/mol. The van der Waals surface area contributed by atoms with E-state index in [0.29, 0.717) is 17.0 Å². The number of carbonyl (C=O) groups is 2. The van der Waals surface area contributed by atoms with Gasteiger partial charge in [-0.2, -0.15) is 26.3 Å². The van der Waals surface area contributed by atoms with Gasteiger partial charge in [0.2, 0.25) is 0 Å². The number of rotatable bonds is 8. The number of benzene rings is 2. The zero-order valence-corrected chi connectivity index (χ0v) is 22.5. The minimum atomic E-state index is -4.96. The zero-order valence-electron chi connectivity index (χ0n) is 20.0. The lowest BCUT2D eigenvalue weighted by atomic mass is 10.0. The Bertz CT molecular complexity index is 1450. The average molecular weight is 618 g/mol. The Morgan fingerprint density at radius 3 is 2.17 bits per heavy atom. The molecule has 0 radical (unpaired) electrons. The number of carbonyl (C=O) groups excluding carboxylic acids is 1. The van der Waals surface area contributed by atoms with Gasteiger partial charge < -0.3 is 9.84 Å². The molecule has 4 rings (SSSR count). The van der Waals surface area contributed by atoms with E-state index in [1.165, 1.54) is 34.6 Å². The summed E-state index contributed by atoms with van der Waals surface area (Å²) in [7, 11) is 0. The number of nitrogens with zero attached hydrogens (tertiary/aromatic N) is 1. The van der Waals surface area contributed by atoms with Crippen LogP contribution in [0.2, 0.25) is 0 Å². The first kappa shape index (κ1) is 29.8. The normalized spacial score (nSPS) is 15.3. The Labute approximate surface area is 237 Å². The lowest BCUT2D eigenvalue weighted by molar-refractivity contribution is -0.143. The summed E-state index contributed by atoms with van der Waals surface area (Å²) in [6.45, 7) is 0.476. The molecule has 210 valence electrons. The predicted octanol–water partition coefficient (Wildman–Crippen LogP) is 7.57. The number of aromatic carboxylic acids is 1. The van der Waals surface area contributed by atoms with Crippen LogP contribution in [0.25, 0.3) is 17.2 Å². The molecule has 2 aromatic carbocycles. The van der Waals surface area contributed by atoms with Gasteiger partial charge in [-0.05, 0) is 64.5 Å². The van der Waals surface area contributed by atoms with Gasteiger partial charge in [0, 0.05) is 4.88 Å². The smallest absolute Gasteiger partial charge is 0.416 e. The van der Waals surface area contributed by atoms with Crippen molar-refractivity contribution in [3.8, 4) is 11.1 Å². The molecular formula is C26H17F6NO4S3. The van der Waals surface area contributed by atoms with Gasteiger partial charge in [-0.25, -0.2) is 4.79 Å². The molecule has 14 heteroatoms. The first-order valence-corrected chi connectivity index (χ1v) is 13.4. The van der Waals surface area contributed by atoms with Gasteiger partial charge in [-0.15, -0.1) is 11.3 Å². The number of carboxylic acids is 1. The number of carboxylic acid groups (broad SMARTS) is 1. The summed E-state index contributed by atoms with van der Waals surface area (Å²) >= 11 is 7.35. The van der Waals surface area contributed by atoms with Crippen molar-refractivity contribution in [2.45, 2.75) is 19.0 Å². The second-order valence-corrected chi connectivity index (χ2v) is 11.0. The first-order valence-electron chi connectivity index (χ1n) is 11.3. The van der Waals surface area contributed by atoms with Crippen molar-refractivity contribution >= 4 is 57.6 Å². The largest absolute Gasteiger partial charge is 0.478 e. The van der Waals surface area contributed by atoms with Gasteiger partial charge in [-0.1, -0.05) is 36.1 Å². The number of thiocarbonyl (C=S) groups is 1. The quantitative estimate of drug-likeness (QED) is 0.122. The van der Waals surface area contributed by atoms with Gasteiger partial charge in [-0.3, -0.25) is 9.69 Å². The van der Waals surface area contributed by atoms with E-state index in [0.717, 1.165) is 28.7 Å². The van der Waals surface area contributed by atoms with E-state index in [2.05, 4.69) is 0 Å². The topological polar surface area (TPSA) is 66.8 Å². The SMILES string of the molecule is O=C(O)c1ccc(COCCN2C(=O)/C(=C/c3cc(-c4cc(C(F)(F)F)cc(C(F)(F)F)c4)cs3)SC2=S)cc1. The van der Waals surface area contributed by atoms with Crippen molar-refractivity contribution in [3.05, 3.63) is 85.9 Å². The van der Waals surface area contributed by atoms with Crippen LogP contribution in [0.1, 0.15) is 31.9 Å². The fourth-order valence-electron chi connectivity index (χ4n) is 3.61. The molecule has 0 bridgehead atoms. The van der Waals surface area contributed by atoms with Crippen LogP contribution in [0.4, 0.5) is 26.3 Å². The summed E-state index contributed by atoms with van der Waals surface area (Å²) in [5.41, 5.74) is -2.04. The molecule has 1 saturated heterocycles. The number of hydrogen-bond acceptors (Lipinski definition) is 6. The maximum Gasteiger partial charge on any atom is 0.416 e. The molecule has 0 aliphatic carbocycles. The molecule has 1 aromatic heterocycles. The third-order valence-electron chi connectivity index (χ3n) is 5.62. The molecule has 0 saturated carbocycles. The zero-order chi connectivity index (χ0) is 29.2. The van der Waals surface area contributed by atoms with Crippen LogP contribution in [0.3, 0.4) is 0 Å². The summed E-state index contributed by atoms with van der Waals surface area (Å²) in [6, 6.07) is 8.92. The van der Waals surface area contributed by atoms with E-state index in [4.69, 9.17) is 22.1 Å². The van der Waals surface area contributed by atoms with Crippen molar-refractivity contribution in [1.82, 2.24) is 4.90 Å². The number of halogens is 6. The van der Waals surface area contributed by atoms with Crippen molar-refractivity contribution in [1.29, 1.82) is 0 Å². The van der Waals surface area contributed by atoms with Gasteiger partial charge >= 0.3 is 18.3 Å². The predicted molar refractivity (Wildman–Crippen MR) is 143 cm³/mol. The second kappa shape index (κ2) is 11.7. The standard InChI is InChI=1S/C26H17F6NO4S3/c27-25(28,29)18-7-16(8-19(10-18)26(30,31)32)17-9-20(39-13-17)11-21-22(34)33(24(38)40-21)5-6-37-12-14-1-3-15(4-2-14)23(35)36/h1-4,7-11,13H,5-6,12H2,(H,35,36)/b21-11-. The van der Waals surface area contributed by atoms with E-state index >= 15 is 0 Å². The molecule has 3 aromatic rings. The molecule has 1 N–H and O–H groups in total. The van der Waals surface area contributed by atoms with Crippen LogP contribution in [0.15, 0.2) is 58.8 Å². The second-order valence-electron chi connectivity index (χ2n) is 8.42. The summed E-state index contributed by atoms with van der Waals surface area (Å²) in [6.07, 6.45) is -8.44. The number of alkyl halides is 6. The summed E-state index contributed by atoms with van der Waals surface area (Å²) in [5, 5.41) is 10.4. The number of thiophene rings is 1. The molecule has 5 nitrogen and oxygen atoms in total. The van der Waals surface area contributed by atoms with Crippen LogP contribution in [0, 0.1) is 0 Å². The third kappa shape index (κ3) is 7.11. The highest BCUT2D eigenvalue weighted by atomic mass is 32.2. The Hall–Kier alpha value is -3.20. The molecule has 1 fully saturated rings. The fourth-order valence-corrected chi connectivity index (χ4v) is 5.83. The van der Waals surface area contributed by atoms with E-state index in [-0.39, 0.29) is 51.7 Å². The maximum atomic E-state index is 13.2. The van der Waals surface area contributed by atoms with E-state index < -0.39 is 35.4 Å². The van der Waals surface area contributed by atoms with Gasteiger partial charge in [0.05, 0.1) is 41.4 Å². The van der Waals surface area contributed by atoms with Crippen LogP contribution >= 0.6 is 35.3 Å². The number of amides is 1. The molecular weight excluding hydrogens is 600 g/mol. The molecule has 2 heterocycles. The van der Waals surface area contributed by atoms with Crippen molar-refractivity contribution < 1.29 is 45.8 Å². The van der Waals surface area contributed by atoms with Crippen LogP contribution in [-0.2, 0) is 28.5 Å². The van der Waals surface area contributed by atoms with Crippen molar-refractivity contribution in [3.63, 3.8) is 0 Å². The Morgan fingerprint density at radius 1 is 0.975 bits per heavy atom. The minimum Gasteiger partial charge on any atom is -0.478 e. The lowest BCUT2D eigenvalue weighted by Crippen LogP contribution is -2.31. The minimum absolute atomic E-state index is 0.0703. The van der Waals surface area contributed by atoms with E-state index in [9.17, 15) is 35.9 Å². The fraction of sp³-hybridized carbons (Fsp3) is 0.192. The van der Waals surface area contributed by atoms with Crippen LogP contribution < -0.4 is 0 Å². The van der Waals surface area contributed by atoms with E-state index in [1.54, 1.807) is 12.1 Å². The molecule has 0 spiro atoms. The number of ether oxygens (including phenoxy) is 1. The van der Waals surface area contributed by atoms with Gasteiger partial charge in [0.1, 0.15) is 4.32 Å². The summed E-state index contributed by atoms with van der Waals surface area (Å²) < 4.78 is 85.2. The highest BCUT2D eigenvalue weighted by molar-refractivity contribution is 8.26. The molecule has 1 aliphatic rings. The highest BCUT2D eigenvalue weighted by Gasteiger charge is 2.37. The summed E-state index contributed by atoms with van der Waals surface area (Å²) in [5.74, 6) is -1.45. The van der Waals surface area contributed by atoms with Crippen LogP contribution in [-0.4, -0.2) is 39.4 Å². The Kier molecular flexibility index (Phi) is 8.73. The first-order chi connectivity index (χ1) is 18.7. The van der Waals surface area contributed by atoms with Gasteiger partial charge in [0.25, 0.3) is 5.91 Å². The van der Waals surface area contributed by atoms with Crippen molar-refractivity contribution in [2.75, 3.05) is 13.2 Å². The highest BCUT2D eigenvalue weighted by Crippen LogP contribution is 2.40. The maximum absolute atomic E-state index is 13.2.